The molecule has 0 radical (unpaired) electrons. The fourth-order valence-electron chi connectivity index (χ4n) is 2.34. The number of aliphatic carboxylic acids is 1. The first-order valence-corrected chi connectivity index (χ1v) is 8.10. The van der Waals surface area contributed by atoms with Crippen LogP contribution in [0, 0.1) is 5.92 Å². The van der Waals surface area contributed by atoms with Gasteiger partial charge in [0.2, 0.25) is 0 Å². The molecule has 0 bridgehead atoms. The van der Waals surface area contributed by atoms with E-state index in [1.807, 2.05) is 0 Å². The first-order valence-electron chi connectivity index (χ1n) is 8.10. The second-order valence-electron chi connectivity index (χ2n) is 6.30. The lowest BCUT2D eigenvalue weighted by Crippen LogP contribution is -2.51. The van der Waals surface area contributed by atoms with Gasteiger partial charge in [0.15, 0.2) is 0 Å². The lowest BCUT2D eigenvalue weighted by atomic mass is 9.98. The Morgan fingerprint density at radius 1 is 1.45 bits per heavy atom. The van der Waals surface area contributed by atoms with Gasteiger partial charge in [0.1, 0.15) is 5.54 Å². The lowest BCUT2D eigenvalue weighted by Gasteiger charge is -2.26. The van der Waals surface area contributed by atoms with Gasteiger partial charge in [-0.1, -0.05) is 33.1 Å². The molecule has 118 valence electrons. The quantitative estimate of drug-likeness (QED) is 0.541. The van der Waals surface area contributed by atoms with Gasteiger partial charge < -0.3 is 9.84 Å². The monoisotopic (exact) mass is 285 g/mol. The van der Waals surface area contributed by atoms with E-state index < -0.39 is 11.5 Å². The normalized spacial score (nSPS) is 19.6. The molecule has 1 fully saturated rings. The molecule has 1 saturated carbocycles. The van der Waals surface area contributed by atoms with Crippen LogP contribution < -0.4 is 5.32 Å². The molecule has 2 N–H and O–H groups in total. The van der Waals surface area contributed by atoms with E-state index in [4.69, 9.17) is 4.74 Å². The summed E-state index contributed by atoms with van der Waals surface area (Å²) in [5.74, 6) is -0.159. The van der Waals surface area contributed by atoms with E-state index in [9.17, 15) is 9.90 Å². The Kier molecular flexibility index (Phi) is 7.52. The maximum absolute atomic E-state index is 11.4. The van der Waals surface area contributed by atoms with E-state index in [-0.39, 0.29) is 0 Å². The topological polar surface area (TPSA) is 58.6 Å². The highest BCUT2D eigenvalue weighted by atomic mass is 16.5. The molecule has 0 spiro atoms. The number of ether oxygens (including phenoxy) is 1. The van der Waals surface area contributed by atoms with Crippen molar-refractivity contribution in [2.45, 2.75) is 77.3 Å². The Balaban J connectivity index is 2.24. The molecule has 20 heavy (non-hydrogen) atoms. The second-order valence-corrected chi connectivity index (χ2v) is 6.30. The van der Waals surface area contributed by atoms with Crippen LogP contribution in [0.1, 0.15) is 65.7 Å². The molecule has 4 heteroatoms. The molecule has 0 aromatic carbocycles. The van der Waals surface area contributed by atoms with Crippen molar-refractivity contribution < 1.29 is 14.6 Å². The summed E-state index contributed by atoms with van der Waals surface area (Å²) >= 11 is 0. The number of carbonyl (C=O) groups is 1. The van der Waals surface area contributed by atoms with Crippen molar-refractivity contribution in [2.75, 3.05) is 13.2 Å². The highest BCUT2D eigenvalue weighted by Gasteiger charge is 2.38. The number of carboxylic acids is 1. The van der Waals surface area contributed by atoms with Gasteiger partial charge in [-0.05, 0) is 38.5 Å². The van der Waals surface area contributed by atoms with Crippen LogP contribution in [0.2, 0.25) is 0 Å². The zero-order chi connectivity index (χ0) is 15.0. The van der Waals surface area contributed by atoms with Gasteiger partial charge in [0, 0.05) is 19.3 Å². The van der Waals surface area contributed by atoms with Crippen LogP contribution in [0.3, 0.4) is 0 Å². The molecule has 1 aliphatic rings. The summed E-state index contributed by atoms with van der Waals surface area (Å²) in [5.41, 5.74) is -0.841. The van der Waals surface area contributed by atoms with Crippen LogP contribution >= 0.6 is 0 Å². The van der Waals surface area contributed by atoms with Crippen LogP contribution in [-0.2, 0) is 9.53 Å². The number of carboxylic acid groups (broad SMARTS) is 1. The fraction of sp³-hybridized carbons (Fsp3) is 0.938. The lowest BCUT2D eigenvalue weighted by molar-refractivity contribution is -0.145. The van der Waals surface area contributed by atoms with Crippen molar-refractivity contribution in [3.05, 3.63) is 0 Å². The van der Waals surface area contributed by atoms with E-state index >= 15 is 0 Å². The number of unbranched alkanes of at least 4 members (excludes halogenated alkanes) is 1. The number of hydrogen-bond acceptors (Lipinski definition) is 3. The second kappa shape index (κ2) is 8.63. The molecular weight excluding hydrogens is 254 g/mol. The minimum absolute atomic E-state index is 0.393. The van der Waals surface area contributed by atoms with Crippen molar-refractivity contribution in [3.63, 3.8) is 0 Å². The summed E-state index contributed by atoms with van der Waals surface area (Å²) in [7, 11) is 0. The van der Waals surface area contributed by atoms with Gasteiger partial charge in [-0.15, -0.1) is 0 Å². The van der Waals surface area contributed by atoms with Crippen LogP contribution in [-0.4, -0.2) is 35.9 Å². The van der Waals surface area contributed by atoms with Crippen LogP contribution in [0.5, 0.6) is 0 Å². The van der Waals surface area contributed by atoms with Gasteiger partial charge in [0.25, 0.3) is 0 Å². The minimum atomic E-state index is -0.841. The van der Waals surface area contributed by atoms with Crippen molar-refractivity contribution in [1.82, 2.24) is 5.32 Å². The average molecular weight is 285 g/mol. The number of nitrogens with one attached hydrogen (secondary N) is 1. The largest absolute Gasteiger partial charge is 0.480 e. The molecular formula is C16H31NO3. The first kappa shape index (κ1) is 17.4. The van der Waals surface area contributed by atoms with Crippen LogP contribution in [0.25, 0.3) is 0 Å². The molecule has 1 aliphatic carbocycles. The summed E-state index contributed by atoms with van der Waals surface area (Å²) in [6.07, 6.45) is 7.54. The molecule has 1 rings (SSSR count). The van der Waals surface area contributed by atoms with Gasteiger partial charge >= 0.3 is 5.97 Å². The zero-order valence-electron chi connectivity index (χ0n) is 13.3. The summed E-state index contributed by atoms with van der Waals surface area (Å²) in [6, 6.07) is 0.393. The van der Waals surface area contributed by atoms with Crippen molar-refractivity contribution in [1.29, 1.82) is 0 Å². The van der Waals surface area contributed by atoms with Gasteiger partial charge in [-0.3, -0.25) is 10.1 Å². The molecule has 0 aliphatic heterocycles. The smallest absolute Gasteiger partial charge is 0.323 e. The predicted octanol–water partition coefficient (Wildman–Crippen LogP) is 3.20. The molecule has 0 amide bonds. The maximum Gasteiger partial charge on any atom is 0.323 e. The number of hydrogen-bond donors (Lipinski definition) is 2. The standard InChI is InChI=1S/C16H31NO3/c1-4-6-7-13(5-2)12-20-11-10-16(3,15(18)19)17-14-8-9-14/h13-14,17H,4-12H2,1-3H3,(H,18,19). The number of rotatable bonds is 12. The summed E-state index contributed by atoms with van der Waals surface area (Å²) in [4.78, 5) is 11.4. The third kappa shape index (κ3) is 6.23. The van der Waals surface area contributed by atoms with E-state index in [2.05, 4.69) is 19.2 Å². The van der Waals surface area contributed by atoms with Crippen molar-refractivity contribution in [3.8, 4) is 0 Å². The maximum atomic E-state index is 11.4. The molecule has 2 unspecified atom stereocenters. The molecule has 0 heterocycles. The van der Waals surface area contributed by atoms with Gasteiger partial charge in [-0.25, -0.2) is 0 Å². The molecule has 4 nitrogen and oxygen atoms in total. The average Bonchev–Trinajstić information content (AvgIpc) is 3.21. The molecule has 2 atom stereocenters. The molecule has 0 saturated heterocycles. The highest BCUT2D eigenvalue weighted by molar-refractivity contribution is 5.78. The molecule has 0 aromatic rings. The molecule has 0 aromatic heterocycles. The predicted molar refractivity (Wildman–Crippen MR) is 80.9 cm³/mol. The van der Waals surface area contributed by atoms with E-state index in [1.54, 1.807) is 6.92 Å². The highest BCUT2D eigenvalue weighted by Crippen LogP contribution is 2.24. The van der Waals surface area contributed by atoms with Crippen LogP contribution in [0.15, 0.2) is 0 Å². The Labute approximate surface area is 123 Å². The zero-order valence-corrected chi connectivity index (χ0v) is 13.3. The van der Waals surface area contributed by atoms with E-state index in [0.29, 0.717) is 25.0 Å². The summed E-state index contributed by atoms with van der Waals surface area (Å²) in [6.45, 7) is 7.45. The first-order chi connectivity index (χ1) is 9.51. The van der Waals surface area contributed by atoms with Gasteiger partial charge in [0.05, 0.1) is 0 Å². The third-order valence-corrected chi connectivity index (χ3v) is 4.22. The third-order valence-electron chi connectivity index (χ3n) is 4.22. The summed E-state index contributed by atoms with van der Waals surface area (Å²) < 4.78 is 5.73. The van der Waals surface area contributed by atoms with E-state index in [0.717, 1.165) is 25.9 Å². The summed E-state index contributed by atoms with van der Waals surface area (Å²) in [5, 5.41) is 12.6. The van der Waals surface area contributed by atoms with Crippen molar-refractivity contribution in [2.24, 2.45) is 5.92 Å². The fourth-order valence-corrected chi connectivity index (χ4v) is 2.34. The minimum Gasteiger partial charge on any atom is -0.480 e. The van der Waals surface area contributed by atoms with Crippen molar-refractivity contribution >= 4 is 5.97 Å². The van der Waals surface area contributed by atoms with Gasteiger partial charge in [-0.2, -0.15) is 0 Å². The SMILES string of the molecule is CCCCC(CC)COCCC(C)(NC1CC1)C(=O)O. The Bertz CT molecular complexity index is 291. The van der Waals surface area contributed by atoms with E-state index in [1.165, 1.54) is 19.3 Å². The Morgan fingerprint density at radius 2 is 2.15 bits per heavy atom. The Hall–Kier alpha value is -0.610. The Morgan fingerprint density at radius 3 is 2.65 bits per heavy atom. The van der Waals surface area contributed by atoms with Crippen LogP contribution in [0.4, 0.5) is 0 Å².